The van der Waals surface area contributed by atoms with Crippen LogP contribution >= 0.6 is 0 Å². The van der Waals surface area contributed by atoms with Crippen molar-refractivity contribution in [2.45, 2.75) is 19.4 Å². The van der Waals surface area contributed by atoms with E-state index in [9.17, 15) is 4.79 Å². The van der Waals surface area contributed by atoms with Gasteiger partial charge >= 0.3 is 0 Å². The van der Waals surface area contributed by atoms with Gasteiger partial charge in [0.15, 0.2) is 0 Å². The monoisotopic (exact) mass is 337 g/mol. The van der Waals surface area contributed by atoms with Crippen LogP contribution in [0.2, 0.25) is 0 Å². The summed E-state index contributed by atoms with van der Waals surface area (Å²) in [7, 11) is 1.59. The second kappa shape index (κ2) is 7.61. The minimum absolute atomic E-state index is 0.209. The van der Waals surface area contributed by atoms with Crippen LogP contribution < -0.4 is 10.1 Å². The Morgan fingerprint density at radius 1 is 1.12 bits per heavy atom. The summed E-state index contributed by atoms with van der Waals surface area (Å²) in [4.78, 5) is 12.6. The number of nitrogens with zero attached hydrogens (tertiary/aromatic N) is 2. The third-order valence-electron chi connectivity index (χ3n) is 3.78. The van der Waals surface area contributed by atoms with Crippen LogP contribution in [0.1, 0.15) is 33.7 Å². The zero-order valence-corrected chi connectivity index (χ0v) is 14.1. The van der Waals surface area contributed by atoms with Gasteiger partial charge in [0.1, 0.15) is 11.8 Å². The minimum atomic E-state index is -0.404. The van der Waals surface area contributed by atoms with Gasteiger partial charge in [-0.3, -0.25) is 4.79 Å². The average molecular weight is 337 g/mol. The summed E-state index contributed by atoms with van der Waals surface area (Å²) in [5.41, 5.74) is 1.61. The van der Waals surface area contributed by atoms with Crippen LogP contribution in [0.25, 0.3) is 0 Å². The van der Waals surface area contributed by atoms with Crippen LogP contribution in [0.4, 0.5) is 0 Å². The third kappa shape index (κ3) is 4.23. The van der Waals surface area contributed by atoms with Gasteiger partial charge in [-0.25, -0.2) is 0 Å². The number of nitrogens with one attached hydrogen (secondary N) is 1. The molecule has 3 rings (SSSR count). The van der Waals surface area contributed by atoms with Gasteiger partial charge in [0.25, 0.3) is 5.91 Å². The summed E-state index contributed by atoms with van der Waals surface area (Å²) in [6, 6.07) is 16.4. The Morgan fingerprint density at radius 3 is 2.44 bits per heavy atom. The van der Waals surface area contributed by atoms with E-state index in [1.165, 1.54) is 0 Å². The zero-order chi connectivity index (χ0) is 17.6. The smallest absolute Gasteiger partial charge is 0.251 e. The molecule has 0 saturated carbocycles. The van der Waals surface area contributed by atoms with E-state index in [0.717, 1.165) is 5.56 Å². The maximum absolute atomic E-state index is 12.6. The number of aryl methyl sites for hydroxylation is 1. The molecule has 0 spiro atoms. The standard InChI is InChI=1S/C19H19N3O3/c1-13-21-22-19(25-13)17(12-14-6-4-3-5-7-14)20-18(23)15-8-10-16(24-2)11-9-15/h3-11,17H,12H2,1-2H3,(H,20,23). The summed E-state index contributed by atoms with van der Waals surface area (Å²) in [5, 5.41) is 10.9. The van der Waals surface area contributed by atoms with Crippen LogP contribution in [-0.4, -0.2) is 23.2 Å². The lowest BCUT2D eigenvalue weighted by molar-refractivity contribution is 0.0929. The van der Waals surface area contributed by atoms with Gasteiger partial charge in [-0.2, -0.15) is 0 Å². The molecule has 6 nitrogen and oxygen atoms in total. The number of amides is 1. The first-order valence-electron chi connectivity index (χ1n) is 7.94. The minimum Gasteiger partial charge on any atom is -0.497 e. The van der Waals surface area contributed by atoms with E-state index in [4.69, 9.17) is 9.15 Å². The molecule has 0 fully saturated rings. The summed E-state index contributed by atoms with van der Waals surface area (Å²) in [6.45, 7) is 1.72. The first-order valence-corrected chi connectivity index (χ1v) is 7.94. The lowest BCUT2D eigenvalue weighted by atomic mass is 10.1. The molecule has 1 amide bonds. The van der Waals surface area contributed by atoms with Crippen LogP contribution in [0.3, 0.4) is 0 Å². The molecule has 0 aliphatic carbocycles. The predicted octanol–water partition coefficient (Wildman–Crippen LogP) is 3.10. The molecule has 25 heavy (non-hydrogen) atoms. The molecule has 0 bridgehead atoms. The zero-order valence-electron chi connectivity index (χ0n) is 14.1. The molecule has 3 aromatic rings. The molecular formula is C19H19N3O3. The van der Waals surface area contributed by atoms with Crippen LogP contribution in [0, 0.1) is 6.92 Å². The Kier molecular flexibility index (Phi) is 5.09. The molecule has 1 unspecified atom stereocenters. The van der Waals surface area contributed by atoms with Crippen LogP contribution in [0.5, 0.6) is 5.75 Å². The van der Waals surface area contributed by atoms with E-state index in [1.807, 2.05) is 30.3 Å². The van der Waals surface area contributed by atoms with Crippen molar-refractivity contribution < 1.29 is 13.9 Å². The number of aromatic nitrogens is 2. The summed E-state index contributed by atoms with van der Waals surface area (Å²) < 4.78 is 10.7. The molecule has 1 atom stereocenters. The number of ether oxygens (including phenoxy) is 1. The summed E-state index contributed by atoms with van der Waals surface area (Å²) >= 11 is 0. The van der Waals surface area contributed by atoms with Gasteiger partial charge < -0.3 is 14.5 Å². The maximum Gasteiger partial charge on any atom is 0.251 e. The lowest BCUT2D eigenvalue weighted by Crippen LogP contribution is -2.30. The van der Waals surface area contributed by atoms with E-state index in [0.29, 0.717) is 29.5 Å². The van der Waals surface area contributed by atoms with E-state index >= 15 is 0 Å². The van der Waals surface area contributed by atoms with Crippen LogP contribution in [-0.2, 0) is 6.42 Å². The number of carbonyl (C=O) groups excluding carboxylic acids is 1. The highest BCUT2D eigenvalue weighted by atomic mass is 16.5. The second-order valence-electron chi connectivity index (χ2n) is 5.60. The molecule has 2 aromatic carbocycles. The Bertz CT molecular complexity index is 829. The lowest BCUT2D eigenvalue weighted by Gasteiger charge is -2.15. The highest BCUT2D eigenvalue weighted by Gasteiger charge is 2.21. The Morgan fingerprint density at radius 2 is 1.84 bits per heavy atom. The molecule has 0 aliphatic heterocycles. The van der Waals surface area contributed by atoms with Crippen molar-refractivity contribution in [2.24, 2.45) is 0 Å². The molecule has 6 heteroatoms. The molecule has 1 heterocycles. The van der Waals surface area contributed by atoms with Gasteiger partial charge in [0, 0.05) is 18.9 Å². The van der Waals surface area contributed by atoms with Gasteiger partial charge in [-0.1, -0.05) is 30.3 Å². The Hall–Kier alpha value is -3.15. The molecule has 1 aromatic heterocycles. The number of hydrogen-bond acceptors (Lipinski definition) is 5. The molecule has 0 aliphatic rings. The van der Waals surface area contributed by atoms with Crippen molar-refractivity contribution in [1.82, 2.24) is 15.5 Å². The van der Waals surface area contributed by atoms with E-state index in [-0.39, 0.29) is 5.91 Å². The van der Waals surface area contributed by atoms with E-state index in [1.54, 1.807) is 38.3 Å². The maximum atomic E-state index is 12.6. The number of carbonyl (C=O) groups is 1. The first kappa shape index (κ1) is 16.7. The number of hydrogen-bond donors (Lipinski definition) is 1. The second-order valence-corrected chi connectivity index (χ2v) is 5.60. The van der Waals surface area contributed by atoms with Crippen molar-refractivity contribution in [1.29, 1.82) is 0 Å². The fraction of sp³-hybridized carbons (Fsp3) is 0.211. The van der Waals surface area contributed by atoms with Crippen molar-refractivity contribution in [3.63, 3.8) is 0 Å². The van der Waals surface area contributed by atoms with Crippen LogP contribution in [0.15, 0.2) is 59.0 Å². The van der Waals surface area contributed by atoms with E-state index in [2.05, 4.69) is 15.5 Å². The van der Waals surface area contributed by atoms with Gasteiger partial charge in [-0.15, -0.1) is 10.2 Å². The molecule has 0 radical (unpaired) electrons. The first-order chi connectivity index (χ1) is 12.2. The third-order valence-corrected chi connectivity index (χ3v) is 3.78. The topological polar surface area (TPSA) is 77.2 Å². The Labute approximate surface area is 145 Å². The number of benzene rings is 2. The SMILES string of the molecule is COc1ccc(C(=O)NC(Cc2ccccc2)c2nnc(C)o2)cc1. The van der Waals surface area contributed by atoms with Gasteiger partial charge in [-0.05, 0) is 29.8 Å². The van der Waals surface area contributed by atoms with Crippen molar-refractivity contribution >= 4 is 5.91 Å². The predicted molar refractivity (Wildman–Crippen MR) is 92.4 cm³/mol. The van der Waals surface area contributed by atoms with Gasteiger partial charge in [0.05, 0.1) is 7.11 Å². The summed E-state index contributed by atoms with van der Waals surface area (Å²) in [6.07, 6.45) is 0.560. The fourth-order valence-electron chi connectivity index (χ4n) is 2.49. The van der Waals surface area contributed by atoms with Crippen molar-refractivity contribution in [2.75, 3.05) is 7.11 Å². The fourth-order valence-corrected chi connectivity index (χ4v) is 2.49. The molecule has 128 valence electrons. The van der Waals surface area contributed by atoms with E-state index < -0.39 is 6.04 Å². The quantitative estimate of drug-likeness (QED) is 0.748. The highest BCUT2D eigenvalue weighted by Crippen LogP contribution is 2.19. The van der Waals surface area contributed by atoms with Gasteiger partial charge in [0.2, 0.25) is 11.8 Å². The number of rotatable bonds is 6. The summed E-state index contributed by atoms with van der Waals surface area (Å²) in [5.74, 6) is 1.35. The normalized spacial score (nSPS) is 11.8. The largest absolute Gasteiger partial charge is 0.497 e. The highest BCUT2D eigenvalue weighted by molar-refractivity contribution is 5.94. The number of methoxy groups -OCH3 is 1. The Balaban J connectivity index is 1.80. The van der Waals surface area contributed by atoms with Crippen molar-refractivity contribution in [3.05, 3.63) is 77.5 Å². The average Bonchev–Trinajstić information content (AvgIpc) is 3.08. The molecule has 1 N–H and O–H groups in total. The van der Waals surface area contributed by atoms with Crippen molar-refractivity contribution in [3.8, 4) is 5.75 Å². The molecular weight excluding hydrogens is 318 g/mol. The molecule has 0 saturated heterocycles.